The standard InChI is InChI=1S/C8H16.C4H4O3.Na.H/c1-7(2)6-8(3,4)5;5-3-1-2-4(6)7-3;;/h1,6H2,2-5H3;1-2H2;;/q;;+1;-1. The van der Waals surface area contributed by atoms with Gasteiger partial charge < -0.3 is 6.16 Å². The van der Waals surface area contributed by atoms with E-state index in [9.17, 15) is 9.59 Å². The Morgan fingerprint density at radius 2 is 1.69 bits per heavy atom. The van der Waals surface area contributed by atoms with E-state index in [1.54, 1.807) is 0 Å². The van der Waals surface area contributed by atoms with Gasteiger partial charge in [0.1, 0.15) is 0 Å². The van der Waals surface area contributed by atoms with Crippen molar-refractivity contribution in [1.82, 2.24) is 0 Å². The summed E-state index contributed by atoms with van der Waals surface area (Å²) in [7, 11) is 0. The molecular formula is C12H21NaO3. The summed E-state index contributed by atoms with van der Waals surface area (Å²) in [5.74, 6) is -0.796. The van der Waals surface area contributed by atoms with Gasteiger partial charge in [-0.1, -0.05) is 26.3 Å². The molecule has 1 rings (SSSR count). The molecule has 0 aromatic carbocycles. The number of carbonyl (C=O) groups excluding carboxylic acids is 2. The van der Waals surface area contributed by atoms with Gasteiger partial charge in [0.05, 0.1) is 12.8 Å². The molecule has 0 N–H and O–H groups in total. The molecule has 0 aliphatic carbocycles. The molecule has 16 heavy (non-hydrogen) atoms. The minimum Gasteiger partial charge on any atom is -1.00 e. The van der Waals surface area contributed by atoms with Crippen LogP contribution in [0, 0.1) is 5.41 Å². The number of rotatable bonds is 1. The molecule has 0 unspecified atom stereocenters. The van der Waals surface area contributed by atoms with Crippen LogP contribution in [0.5, 0.6) is 0 Å². The van der Waals surface area contributed by atoms with Crippen molar-refractivity contribution < 1.29 is 45.3 Å². The summed E-state index contributed by atoms with van der Waals surface area (Å²) in [6.45, 7) is 12.6. The molecule has 1 saturated heterocycles. The van der Waals surface area contributed by atoms with E-state index in [0.29, 0.717) is 5.41 Å². The van der Waals surface area contributed by atoms with Crippen molar-refractivity contribution in [2.75, 3.05) is 0 Å². The second-order valence-corrected chi connectivity index (χ2v) is 5.04. The van der Waals surface area contributed by atoms with Gasteiger partial charge in [0.15, 0.2) is 0 Å². The Morgan fingerprint density at radius 1 is 1.31 bits per heavy atom. The van der Waals surface area contributed by atoms with Gasteiger partial charge in [0.25, 0.3) is 0 Å². The van der Waals surface area contributed by atoms with Gasteiger partial charge in [0.2, 0.25) is 0 Å². The number of hydrogen-bond acceptors (Lipinski definition) is 3. The summed E-state index contributed by atoms with van der Waals surface area (Å²) >= 11 is 0. The Balaban J connectivity index is -0.000000207. The van der Waals surface area contributed by atoms with Gasteiger partial charge >= 0.3 is 41.5 Å². The average molecular weight is 236 g/mol. The summed E-state index contributed by atoms with van der Waals surface area (Å²) in [6, 6.07) is 0. The van der Waals surface area contributed by atoms with Crippen molar-refractivity contribution in [2.45, 2.75) is 47.0 Å². The quantitative estimate of drug-likeness (QED) is 0.278. The first-order valence-electron chi connectivity index (χ1n) is 5.08. The predicted molar refractivity (Wildman–Crippen MR) is 60.3 cm³/mol. The molecule has 1 heterocycles. The predicted octanol–water partition coefficient (Wildman–Crippen LogP) is -0.0348. The molecule has 0 amide bonds. The number of esters is 2. The molecule has 0 aromatic heterocycles. The molecule has 0 spiro atoms. The maximum atomic E-state index is 10.0. The maximum absolute atomic E-state index is 10.0. The van der Waals surface area contributed by atoms with E-state index in [0.717, 1.165) is 6.42 Å². The summed E-state index contributed by atoms with van der Waals surface area (Å²) in [5.41, 5.74) is 1.70. The minimum absolute atomic E-state index is 0. The first kappa shape index (κ1) is 18.3. The van der Waals surface area contributed by atoms with E-state index in [1.165, 1.54) is 5.57 Å². The number of hydrogen-bond donors (Lipinski definition) is 0. The molecular weight excluding hydrogens is 215 g/mol. The van der Waals surface area contributed by atoms with E-state index >= 15 is 0 Å². The van der Waals surface area contributed by atoms with E-state index < -0.39 is 11.9 Å². The molecule has 1 aliphatic heterocycles. The van der Waals surface area contributed by atoms with Crippen LogP contribution in [0.1, 0.15) is 48.4 Å². The van der Waals surface area contributed by atoms with Crippen molar-refractivity contribution in [3.05, 3.63) is 12.2 Å². The van der Waals surface area contributed by atoms with Gasteiger partial charge in [-0.2, -0.15) is 0 Å². The maximum Gasteiger partial charge on any atom is 1.00 e. The number of carbonyl (C=O) groups is 2. The van der Waals surface area contributed by atoms with Crippen LogP contribution < -0.4 is 29.6 Å². The SMILES string of the molecule is C=C(C)CC(C)(C)C.O=C1CCC(=O)O1.[H-].[Na+]. The van der Waals surface area contributed by atoms with Crippen LogP contribution in [0.4, 0.5) is 0 Å². The molecule has 3 nitrogen and oxygen atoms in total. The first-order valence-corrected chi connectivity index (χ1v) is 5.08. The molecule has 0 aromatic rings. The Bertz CT molecular complexity index is 255. The average Bonchev–Trinajstić information content (AvgIpc) is 2.29. The second kappa shape index (κ2) is 8.04. The zero-order chi connectivity index (χ0) is 12.1. The smallest absolute Gasteiger partial charge is 1.00 e. The summed E-state index contributed by atoms with van der Waals surface area (Å²) in [4.78, 5) is 20.0. The van der Waals surface area contributed by atoms with Crippen molar-refractivity contribution in [3.8, 4) is 0 Å². The Morgan fingerprint density at radius 3 is 1.75 bits per heavy atom. The van der Waals surface area contributed by atoms with Crippen molar-refractivity contribution in [1.29, 1.82) is 0 Å². The molecule has 88 valence electrons. The fourth-order valence-corrected chi connectivity index (χ4v) is 1.34. The van der Waals surface area contributed by atoms with Gasteiger partial charge in [0, 0.05) is 0 Å². The Hall–Kier alpha value is -0.120. The van der Waals surface area contributed by atoms with Crippen LogP contribution >= 0.6 is 0 Å². The number of ether oxygens (including phenoxy) is 1. The topological polar surface area (TPSA) is 43.4 Å². The Kier molecular flexibility index (Phi) is 9.17. The van der Waals surface area contributed by atoms with Gasteiger partial charge in [-0.25, -0.2) is 0 Å². The second-order valence-electron chi connectivity index (χ2n) is 5.04. The minimum atomic E-state index is -0.398. The van der Waals surface area contributed by atoms with Crippen LogP contribution in [0.15, 0.2) is 12.2 Å². The van der Waals surface area contributed by atoms with Crippen LogP contribution in [-0.4, -0.2) is 11.9 Å². The molecule has 0 bridgehead atoms. The zero-order valence-corrected chi connectivity index (χ0v) is 13.1. The van der Waals surface area contributed by atoms with Crippen LogP contribution in [-0.2, 0) is 14.3 Å². The molecule has 1 aliphatic rings. The van der Waals surface area contributed by atoms with Crippen LogP contribution in [0.25, 0.3) is 0 Å². The number of cyclic esters (lactones) is 2. The fraction of sp³-hybridized carbons (Fsp3) is 0.667. The van der Waals surface area contributed by atoms with Crippen LogP contribution in [0.3, 0.4) is 0 Å². The first-order chi connectivity index (χ1) is 6.70. The monoisotopic (exact) mass is 236 g/mol. The summed E-state index contributed by atoms with van der Waals surface area (Å²) in [6.07, 6.45) is 1.66. The van der Waals surface area contributed by atoms with E-state index in [-0.39, 0.29) is 43.8 Å². The zero-order valence-electron chi connectivity index (χ0n) is 12.1. The van der Waals surface area contributed by atoms with Gasteiger partial charge in [-0.3, -0.25) is 9.59 Å². The third-order valence-corrected chi connectivity index (χ3v) is 1.59. The number of allylic oxidation sites excluding steroid dienone is 1. The van der Waals surface area contributed by atoms with Crippen molar-refractivity contribution >= 4 is 11.9 Å². The Labute approximate surface area is 121 Å². The van der Waals surface area contributed by atoms with E-state index in [4.69, 9.17) is 0 Å². The third kappa shape index (κ3) is 12.0. The summed E-state index contributed by atoms with van der Waals surface area (Å²) in [5, 5.41) is 0. The largest absolute Gasteiger partial charge is 1.00 e. The summed E-state index contributed by atoms with van der Waals surface area (Å²) < 4.78 is 4.08. The molecule has 0 atom stereocenters. The van der Waals surface area contributed by atoms with E-state index in [1.807, 2.05) is 0 Å². The van der Waals surface area contributed by atoms with Crippen molar-refractivity contribution in [2.24, 2.45) is 5.41 Å². The van der Waals surface area contributed by atoms with Gasteiger partial charge in [-0.05, 0) is 18.8 Å². The van der Waals surface area contributed by atoms with Gasteiger partial charge in [-0.15, -0.1) is 6.58 Å². The molecule has 0 saturated carbocycles. The fourth-order valence-electron chi connectivity index (χ4n) is 1.34. The van der Waals surface area contributed by atoms with Crippen molar-refractivity contribution in [3.63, 3.8) is 0 Å². The molecule has 4 heteroatoms. The van der Waals surface area contributed by atoms with E-state index in [2.05, 4.69) is 39.0 Å². The molecule has 0 radical (unpaired) electrons. The molecule has 1 fully saturated rings. The third-order valence-electron chi connectivity index (χ3n) is 1.59. The normalized spacial score (nSPS) is 14.5. The van der Waals surface area contributed by atoms with Crippen LogP contribution in [0.2, 0.25) is 0 Å².